The zero-order valence-electron chi connectivity index (χ0n) is 8.54. The van der Waals surface area contributed by atoms with Crippen LogP contribution in [0.5, 0.6) is 0 Å². The Labute approximate surface area is 83.9 Å². The summed E-state index contributed by atoms with van der Waals surface area (Å²) in [5.74, 6) is -0.177. The van der Waals surface area contributed by atoms with Crippen molar-refractivity contribution in [2.24, 2.45) is 0 Å². The highest BCUT2D eigenvalue weighted by atomic mass is 16.6. The zero-order valence-corrected chi connectivity index (χ0v) is 8.54. The average Bonchev–Trinajstić information content (AvgIpc) is 2.53. The lowest BCUT2D eigenvalue weighted by atomic mass is 9.88. The smallest absolute Gasteiger partial charge is 0.339 e. The Morgan fingerprint density at radius 2 is 1.86 bits per heavy atom. The Balaban J connectivity index is 2.58. The first-order valence-electron chi connectivity index (χ1n) is 5.06. The van der Waals surface area contributed by atoms with Crippen LogP contribution in [0.1, 0.15) is 42.6 Å². The second-order valence-electron chi connectivity index (χ2n) is 3.64. The van der Waals surface area contributed by atoms with Gasteiger partial charge in [-0.05, 0) is 18.9 Å². The van der Waals surface area contributed by atoms with Crippen LogP contribution >= 0.6 is 0 Å². The Morgan fingerprint density at radius 1 is 1.21 bits per heavy atom. The summed E-state index contributed by atoms with van der Waals surface area (Å²) in [7, 11) is 0. The van der Waals surface area contributed by atoms with Crippen molar-refractivity contribution in [2.75, 3.05) is 0 Å². The van der Waals surface area contributed by atoms with Crippen LogP contribution in [-0.4, -0.2) is 5.97 Å². The number of rotatable bonds is 2. The Hall–Kier alpha value is -1.31. The molecule has 0 N–H and O–H groups in total. The lowest BCUT2D eigenvalue weighted by molar-refractivity contribution is -0.0126. The van der Waals surface area contributed by atoms with Crippen molar-refractivity contribution in [3.8, 4) is 0 Å². The summed E-state index contributed by atoms with van der Waals surface area (Å²) in [6.45, 7) is 4.11. The molecule has 1 heterocycles. The van der Waals surface area contributed by atoms with Crippen LogP contribution in [0.2, 0.25) is 0 Å². The van der Waals surface area contributed by atoms with Crippen molar-refractivity contribution >= 4 is 5.97 Å². The topological polar surface area (TPSA) is 26.3 Å². The number of fused-ring (bicyclic) bond motifs is 1. The number of carbonyl (C=O) groups is 1. The second-order valence-corrected chi connectivity index (χ2v) is 3.64. The molecule has 0 spiro atoms. The zero-order chi connectivity index (χ0) is 10.2. The molecule has 1 aromatic rings. The fraction of sp³-hybridized carbons (Fsp3) is 0.417. The molecule has 0 unspecified atom stereocenters. The lowest BCUT2D eigenvalue weighted by Crippen LogP contribution is -2.23. The van der Waals surface area contributed by atoms with E-state index >= 15 is 0 Å². The molecule has 0 atom stereocenters. The quantitative estimate of drug-likeness (QED) is 0.670. The van der Waals surface area contributed by atoms with E-state index in [1.807, 2.05) is 24.3 Å². The highest BCUT2D eigenvalue weighted by Crippen LogP contribution is 2.41. The summed E-state index contributed by atoms with van der Waals surface area (Å²) in [6.07, 6.45) is 1.68. The van der Waals surface area contributed by atoms with E-state index in [2.05, 4.69) is 13.8 Å². The first-order valence-corrected chi connectivity index (χ1v) is 5.06. The number of benzene rings is 1. The predicted molar refractivity (Wildman–Crippen MR) is 54.1 cm³/mol. The van der Waals surface area contributed by atoms with Gasteiger partial charge >= 0.3 is 5.97 Å². The van der Waals surface area contributed by atoms with Crippen molar-refractivity contribution in [3.05, 3.63) is 35.4 Å². The predicted octanol–water partition coefficient (Wildman–Crippen LogP) is 2.87. The largest absolute Gasteiger partial charge is 0.451 e. The minimum Gasteiger partial charge on any atom is -0.451 e. The van der Waals surface area contributed by atoms with E-state index in [9.17, 15) is 4.79 Å². The summed E-state index contributed by atoms with van der Waals surface area (Å²) >= 11 is 0. The Kier molecular flexibility index (Phi) is 2.06. The molecular weight excluding hydrogens is 176 g/mol. The molecule has 0 radical (unpaired) electrons. The number of carbonyl (C=O) groups excluding carboxylic acids is 1. The fourth-order valence-corrected chi connectivity index (χ4v) is 2.12. The molecule has 2 heteroatoms. The molecule has 74 valence electrons. The van der Waals surface area contributed by atoms with E-state index in [1.165, 1.54) is 0 Å². The molecule has 0 aliphatic carbocycles. The molecular formula is C12H14O2. The van der Waals surface area contributed by atoms with Gasteiger partial charge in [0, 0.05) is 5.56 Å². The number of ether oxygens (including phenoxy) is 1. The molecule has 1 aliphatic rings. The minimum absolute atomic E-state index is 0.177. The Bertz CT molecular complexity index is 364. The van der Waals surface area contributed by atoms with Crippen molar-refractivity contribution in [1.29, 1.82) is 0 Å². The number of hydrogen-bond acceptors (Lipinski definition) is 2. The van der Waals surface area contributed by atoms with Gasteiger partial charge in [-0.3, -0.25) is 0 Å². The number of hydrogen-bond donors (Lipinski definition) is 0. The number of cyclic esters (lactones) is 1. The summed E-state index contributed by atoms with van der Waals surface area (Å²) in [5.41, 5.74) is 1.42. The van der Waals surface area contributed by atoms with Crippen LogP contribution in [0.25, 0.3) is 0 Å². The lowest BCUT2D eigenvalue weighted by Gasteiger charge is -2.25. The third-order valence-corrected chi connectivity index (χ3v) is 3.07. The van der Waals surface area contributed by atoms with Crippen LogP contribution in [0, 0.1) is 0 Å². The molecule has 0 bridgehead atoms. The van der Waals surface area contributed by atoms with Gasteiger partial charge in [-0.25, -0.2) is 4.79 Å². The van der Waals surface area contributed by atoms with Crippen LogP contribution in [0.3, 0.4) is 0 Å². The first-order chi connectivity index (χ1) is 6.73. The highest BCUT2D eigenvalue weighted by molar-refractivity contribution is 5.94. The van der Waals surface area contributed by atoms with Gasteiger partial charge in [-0.15, -0.1) is 0 Å². The van der Waals surface area contributed by atoms with Gasteiger partial charge in [-0.1, -0.05) is 32.0 Å². The van der Waals surface area contributed by atoms with Crippen molar-refractivity contribution in [3.63, 3.8) is 0 Å². The van der Waals surface area contributed by atoms with Crippen LogP contribution in [0.15, 0.2) is 24.3 Å². The Morgan fingerprint density at radius 3 is 2.50 bits per heavy atom. The van der Waals surface area contributed by atoms with Gasteiger partial charge in [0.05, 0.1) is 5.56 Å². The van der Waals surface area contributed by atoms with Gasteiger partial charge in [-0.2, -0.15) is 0 Å². The maximum Gasteiger partial charge on any atom is 0.339 e. The van der Waals surface area contributed by atoms with E-state index in [4.69, 9.17) is 4.74 Å². The van der Waals surface area contributed by atoms with Gasteiger partial charge in [0.15, 0.2) is 0 Å². The maximum atomic E-state index is 11.6. The second kappa shape index (κ2) is 3.12. The van der Waals surface area contributed by atoms with E-state index in [1.54, 1.807) is 0 Å². The first kappa shape index (κ1) is 9.25. The van der Waals surface area contributed by atoms with Crippen molar-refractivity contribution in [2.45, 2.75) is 32.3 Å². The third-order valence-electron chi connectivity index (χ3n) is 3.07. The summed E-state index contributed by atoms with van der Waals surface area (Å²) in [6, 6.07) is 7.67. The highest BCUT2D eigenvalue weighted by Gasteiger charge is 2.42. The molecule has 0 saturated carbocycles. The van der Waals surface area contributed by atoms with Gasteiger partial charge in [0.2, 0.25) is 0 Å². The molecule has 2 rings (SSSR count). The summed E-state index contributed by atoms with van der Waals surface area (Å²) in [5, 5.41) is 0. The van der Waals surface area contributed by atoms with Crippen molar-refractivity contribution in [1.82, 2.24) is 0 Å². The summed E-state index contributed by atoms with van der Waals surface area (Å²) < 4.78 is 5.48. The van der Waals surface area contributed by atoms with Gasteiger partial charge < -0.3 is 4.74 Å². The molecule has 0 saturated heterocycles. The van der Waals surface area contributed by atoms with E-state index < -0.39 is 0 Å². The molecule has 0 fully saturated rings. The molecule has 0 aromatic heterocycles. The number of esters is 1. The maximum absolute atomic E-state index is 11.6. The standard InChI is InChI=1S/C12H14O2/c1-3-12(4-2)10-8-6-5-7-9(10)11(13)14-12/h5-8H,3-4H2,1-2H3. The molecule has 14 heavy (non-hydrogen) atoms. The van der Waals surface area contributed by atoms with Crippen LogP contribution in [-0.2, 0) is 10.3 Å². The van der Waals surface area contributed by atoms with Crippen LogP contribution < -0.4 is 0 Å². The molecule has 2 nitrogen and oxygen atoms in total. The normalized spacial score (nSPS) is 17.7. The molecule has 1 aliphatic heterocycles. The average molecular weight is 190 g/mol. The van der Waals surface area contributed by atoms with Crippen LogP contribution in [0.4, 0.5) is 0 Å². The molecule has 1 aromatic carbocycles. The van der Waals surface area contributed by atoms with E-state index in [0.717, 1.165) is 24.0 Å². The van der Waals surface area contributed by atoms with E-state index in [0.29, 0.717) is 0 Å². The summed E-state index contributed by atoms with van der Waals surface area (Å²) in [4.78, 5) is 11.6. The SMILES string of the molecule is CCC1(CC)OC(=O)c2ccccc21. The molecule has 0 amide bonds. The minimum atomic E-state index is -0.367. The van der Waals surface area contributed by atoms with Gasteiger partial charge in [0.1, 0.15) is 5.60 Å². The van der Waals surface area contributed by atoms with Crippen molar-refractivity contribution < 1.29 is 9.53 Å². The fourth-order valence-electron chi connectivity index (χ4n) is 2.12. The monoisotopic (exact) mass is 190 g/mol. The van der Waals surface area contributed by atoms with Gasteiger partial charge in [0.25, 0.3) is 0 Å². The third kappa shape index (κ3) is 1.07. The van der Waals surface area contributed by atoms with E-state index in [-0.39, 0.29) is 11.6 Å².